The van der Waals surface area contributed by atoms with Crippen LogP contribution in [0.25, 0.3) is 10.8 Å². The van der Waals surface area contributed by atoms with Crippen LogP contribution in [-0.2, 0) is 0 Å². The molecule has 3 aromatic carbocycles. The van der Waals surface area contributed by atoms with Crippen molar-refractivity contribution in [2.45, 2.75) is 13.8 Å². The number of rotatable bonds is 5. The monoisotopic (exact) mass is 319 g/mol. The molecule has 122 valence electrons. The molecule has 0 fully saturated rings. The Morgan fingerprint density at radius 3 is 2.50 bits per heavy atom. The van der Waals surface area contributed by atoms with Crippen LogP contribution in [0.15, 0.2) is 66.7 Å². The standard InChI is InChI=1S/C21H21NO2/c1-15(2)14-24-20-13-6-5-11-18(20)21(23)22-19-12-7-9-16-8-3-4-10-17(16)19/h3-13,15H,14H2,1-2H3,(H,22,23). The largest absolute Gasteiger partial charge is 0.492 e. The van der Waals surface area contributed by atoms with E-state index in [1.165, 1.54) is 0 Å². The molecule has 3 nitrogen and oxygen atoms in total. The van der Waals surface area contributed by atoms with Gasteiger partial charge in [-0.25, -0.2) is 0 Å². The molecule has 0 unspecified atom stereocenters. The molecule has 0 atom stereocenters. The lowest BCUT2D eigenvalue weighted by Crippen LogP contribution is -2.15. The van der Waals surface area contributed by atoms with Gasteiger partial charge in [0.2, 0.25) is 0 Å². The second-order valence-corrected chi connectivity index (χ2v) is 6.18. The first-order chi connectivity index (χ1) is 11.6. The summed E-state index contributed by atoms with van der Waals surface area (Å²) in [5.41, 5.74) is 1.35. The highest BCUT2D eigenvalue weighted by atomic mass is 16.5. The summed E-state index contributed by atoms with van der Waals surface area (Å²) < 4.78 is 5.78. The fourth-order valence-electron chi connectivity index (χ4n) is 2.56. The van der Waals surface area contributed by atoms with Crippen molar-refractivity contribution in [2.75, 3.05) is 11.9 Å². The van der Waals surface area contributed by atoms with Gasteiger partial charge in [0.05, 0.1) is 12.2 Å². The molecule has 1 N–H and O–H groups in total. The van der Waals surface area contributed by atoms with E-state index in [2.05, 4.69) is 19.2 Å². The number of para-hydroxylation sites is 1. The Bertz CT molecular complexity index is 850. The van der Waals surface area contributed by atoms with E-state index in [0.29, 0.717) is 23.8 Å². The zero-order chi connectivity index (χ0) is 16.9. The molecule has 0 aliphatic heterocycles. The maximum Gasteiger partial charge on any atom is 0.259 e. The molecule has 0 aliphatic carbocycles. The average Bonchev–Trinajstić information content (AvgIpc) is 2.60. The maximum absolute atomic E-state index is 12.7. The summed E-state index contributed by atoms with van der Waals surface area (Å²) >= 11 is 0. The molecule has 0 saturated carbocycles. The zero-order valence-electron chi connectivity index (χ0n) is 14.0. The Morgan fingerprint density at radius 2 is 1.67 bits per heavy atom. The van der Waals surface area contributed by atoms with Crippen molar-refractivity contribution in [1.29, 1.82) is 0 Å². The molecule has 0 aliphatic rings. The summed E-state index contributed by atoms with van der Waals surface area (Å²) in [4.78, 5) is 12.7. The third kappa shape index (κ3) is 3.57. The molecule has 0 aromatic heterocycles. The highest BCUT2D eigenvalue weighted by Gasteiger charge is 2.13. The number of ether oxygens (including phenoxy) is 1. The van der Waals surface area contributed by atoms with Gasteiger partial charge in [-0.05, 0) is 29.5 Å². The van der Waals surface area contributed by atoms with Crippen LogP contribution in [0, 0.1) is 5.92 Å². The third-order valence-electron chi connectivity index (χ3n) is 3.74. The van der Waals surface area contributed by atoms with Crippen molar-refractivity contribution in [3.63, 3.8) is 0 Å². The number of benzene rings is 3. The minimum Gasteiger partial charge on any atom is -0.492 e. The SMILES string of the molecule is CC(C)COc1ccccc1C(=O)Nc1cccc2ccccc12. The highest BCUT2D eigenvalue weighted by Crippen LogP contribution is 2.25. The van der Waals surface area contributed by atoms with Gasteiger partial charge in [-0.3, -0.25) is 4.79 Å². The molecule has 3 aromatic rings. The number of amides is 1. The summed E-state index contributed by atoms with van der Waals surface area (Å²) in [5, 5.41) is 5.13. The fraction of sp³-hybridized carbons (Fsp3) is 0.190. The number of hydrogen-bond acceptors (Lipinski definition) is 2. The van der Waals surface area contributed by atoms with Crippen LogP contribution in [-0.4, -0.2) is 12.5 Å². The molecule has 0 spiro atoms. The van der Waals surface area contributed by atoms with Crippen LogP contribution in [0.4, 0.5) is 5.69 Å². The van der Waals surface area contributed by atoms with Gasteiger partial charge >= 0.3 is 0 Å². The van der Waals surface area contributed by atoms with Gasteiger partial charge in [-0.1, -0.05) is 62.4 Å². The first-order valence-corrected chi connectivity index (χ1v) is 8.16. The molecule has 0 bridgehead atoms. The van der Waals surface area contributed by atoms with Crippen molar-refractivity contribution in [3.8, 4) is 5.75 Å². The lowest BCUT2D eigenvalue weighted by Gasteiger charge is -2.14. The van der Waals surface area contributed by atoms with Gasteiger partial charge in [0.25, 0.3) is 5.91 Å². The van der Waals surface area contributed by atoms with Crippen molar-refractivity contribution < 1.29 is 9.53 Å². The van der Waals surface area contributed by atoms with Crippen molar-refractivity contribution >= 4 is 22.4 Å². The van der Waals surface area contributed by atoms with Crippen molar-refractivity contribution in [1.82, 2.24) is 0 Å². The van der Waals surface area contributed by atoms with Crippen LogP contribution in [0.1, 0.15) is 24.2 Å². The van der Waals surface area contributed by atoms with Crippen LogP contribution in [0.5, 0.6) is 5.75 Å². The second-order valence-electron chi connectivity index (χ2n) is 6.18. The Hall–Kier alpha value is -2.81. The van der Waals surface area contributed by atoms with Crippen LogP contribution in [0.2, 0.25) is 0 Å². The summed E-state index contributed by atoms with van der Waals surface area (Å²) in [6.07, 6.45) is 0. The second kappa shape index (κ2) is 7.18. The van der Waals surface area contributed by atoms with E-state index in [9.17, 15) is 4.79 Å². The van der Waals surface area contributed by atoms with Crippen LogP contribution < -0.4 is 10.1 Å². The quantitative estimate of drug-likeness (QED) is 0.708. The molecule has 3 rings (SSSR count). The molecule has 1 amide bonds. The molecule has 24 heavy (non-hydrogen) atoms. The fourth-order valence-corrected chi connectivity index (χ4v) is 2.56. The smallest absolute Gasteiger partial charge is 0.259 e. The van der Waals surface area contributed by atoms with Crippen LogP contribution >= 0.6 is 0 Å². The van der Waals surface area contributed by atoms with E-state index >= 15 is 0 Å². The highest BCUT2D eigenvalue weighted by molar-refractivity contribution is 6.10. The molecular formula is C21H21NO2. The Kier molecular flexibility index (Phi) is 4.80. The Morgan fingerprint density at radius 1 is 0.958 bits per heavy atom. The van der Waals surface area contributed by atoms with Gasteiger partial charge in [0.1, 0.15) is 5.75 Å². The molecular weight excluding hydrogens is 298 g/mol. The topological polar surface area (TPSA) is 38.3 Å². The number of hydrogen-bond donors (Lipinski definition) is 1. The molecule has 3 heteroatoms. The predicted molar refractivity (Wildman–Crippen MR) is 98.7 cm³/mol. The first kappa shape index (κ1) is 16.1. The van der Waals surface area contributed by atoms with E-state index in [1.807, 2.05) is 60.7 Å². The third-order valence-corrected chi connectivity index (χ3v) is 3.74. The minimum atomic E-state index is -0.161. The van der Waals surface area contributed by atoms with Gasteiger partial charge in [-0.2, -0.15) is 0 Å². The summed E-state index contributed by atoms with van der Waals surface area (Å²) in [6, 6.07) is 21.2. The Balaban J connectivity index is 1.87. The molecule has 0 heterocycles. The van der Waals surface area contributed by atoms with Gasteiger partial charge in [0.15, 0.2) is 0 Å². The van der Waals surface area contributed by atoms with E-state index in [0.717, 1.165) is 16.5 Å². The van der Waals surface area contributed by atoms with E-state index in [1.54, 1.807) is 6.07 Å². The number of nitrogens with one attached hydrogen (secondary N) is 1. The van der Waals surface area contributed by atoms with Gasteiger partial charge < -0.3 is 10.1 Å². The molecule has 0 radical (unpaired) electrons. The lowest BCUT2D eigenvalue weighted by molar-refractivity contribution is 0.102. The predicted octanol–water partition coefficient (Wildman–Crippen LogP) is 5.13. The number of anilines is 1. The number of carbonyl (C=O) groups excluding carboxylic acids is 1. The normalized spacial score (nSPS) is 10.8. The van der Waals surface area contributed by atoms with Crippen molar-refractivity contribution in [3.05, 3.63) is 72.3 Å². The number of fused-ring (bicyclic) bond motifs is 1. The van der Waals surface area contributed by atoms with E-state index in [4.69, 9.17) is 4.74 Å². The zero-order valence-corrected chi connectivity index (χ0v) is 14.0. The Labute approximate surface area is 142 Å². The van der Waals surface area contributed by atoms with Gasteiger partial charge in [0, 0.05) is 11.1 Å². The molecule has 0 saturated heterocycles. The first-order valence-electron chi connectivity index (χ1n) is 8.16. The summed E-state index contributed by atoms with van der Waals surface area (Å²) in [7, 11) is 0. The summed E-state index contributed by atoms with van der Waals surface area (Å²) in [6.45, 7) is 4.75. The van der Waals surface area contributed by atoms with E-state index in [-0.39, 0.29) is 5.91 Å². The number of carbonyl (C=O) groups is 1. The minimum absolute atomic E-state index is 0.161. The lowest BCUT2D eigenvalue weighted by atomic mass is 10.1. The maximum atomic E-state index is 12.7. The van der Waals surface area contributed by atoms with Gasteiger partial charge in [-0.15, -0.1) is 0 Å². The average molecular weight is 319 g/mol. The van der Waals surface area contributed by atoms with Crippen molar-refractivity contribution in [2.24, 2.45) is 5.92 Å². The van der Waals surface area contributed by atoms with Crippen LogP contribution in [0.3, 0.4) is 0 Å². The van der Waals surface area contributed by atoms with E-state index < -0.39 is 0 Å². The summed E-state index contributed by atoms with van der Waals surface area (Å²) in [5.74, 6) is 0.855.